The molecule has 0 radical (unpaired) electrons. The highest BCUT2D eigenvalue weighted by atomic mass is 79.9. The number of halogens is 1. The lowest BCUT2D eigenvalue weighted by Gasteiger charge is -2.24. The maximum atomic E-state index is 12.1. The van der Waals surface area contributed by atoms with Crippen LogP contribution in [0, 0.1) is 11.8 Å². The minimum atomic E-state index is -0.916. The Morgan fingerprint density at radius 1 is 1.11 bits per heavy atom. The van der Waals surface area contributed by atoms with Crippen LogP contribution in [0.3, 0.4) is 0 Å². The summed E-state index contributed by atoms with van der Waals surface area (Å²) in [5.41, 5.74) is 0.673. The highest BCUT2D eigenvalue weighted by Gasteiger charge is 2.33. The molecule has 1 amide bonds. The van der Waals surface area contributed by atoms with E-state index in [0.717, 1.165) is 4.47 Å². The van der Waals surface area contributed by atoms with Crippen molar-refractivity contribution in [1.82, 2.24) is 0 Å². The van der Waals surface area contributed by atoms with Crippen LogP contribution in [-0.4, -0.2) is 17.0 Å². The number of allylic oxidation sites excluding steroid dienone is 2. The molecule has 1 aliphatic rings. The number of carbonyl (C=O) groups is 2. The molecular weight excluding hydrogens is 310 g/mol. The van der Waals surface area contributed by atoms with E-state index in [2.05, 4.69) is 21.2 Å². The van der Waals surface area contributed by atoms with Crippen molar-refractivity contribution in [2.24, 2.45) is 11.8 Å². The first kappa shape index (κ1) is 13.8. The number of nitrogens with one attached hydrogen (secondary N) is 1. The van der Waals surface area contributed by atoms with Gasteiger partial charge in [-0.1, -0.05) is 28.1 Å². The van der Waals surface area contributed by atoms with Crippen LogP contribution in [0.25, 0.3) is 0 Å². The van der Waals surface area contributed by atoms with Gasteiger partial charge in [-0.25, -0.2) is 0 Å². The lowest BCUT2D eigenvalue weighted by atomic mass is 9.82. The van der Waals surface area contributed by atoms with Crippen molar-refractivity contribution in [2.45, 2.75) is 12.8 Å². The molecule has 0 fully saturated rings. The van der Waals surface area contributed by atoms with Gasteiger partial charge in [-0.15, -0.1) is 0 Å². The summed E-state index contributed by atoms with van der Waals surface area (Å²) in [7, 11) is 0. The highest BCUT2D eigenvalue weighted by Crippen LogP contribution is 2.27. The van der Waals surface area contributed by atoms with Gasteiger partial charge in [-0.2, -0.15) is 0 Å². The second-order valence-electron chi connectivity index (χ2n) is 4.49. The maximum Gasteiger partial charge on any atom is 0.307 e. The quantitative estimate of drug-likeness (QED) is 0.840. The van der Waals surface area contributed by atoms with Gasteiger partial charge in [0.1, 0.15) is 0 Å². The molecule has 4 nitrogen and oxygen atoms in total. The van der Waals surface area contributed by atoms with Crippen LogP contribution < -0.4 is 5.32 Å². The van der Waals surface area contributed by atoms with Crippen molar-refractivity contribution in [2.75, 3.05) is 5.32 Å². The Balaban J connectivity index is 2.08. The van der Waals surface area contributed by atoms with Gasteiger partial charge in [0.25, 0.3) is 0 Å². The molecule has 0 spiro atoms. The van der Waals surface area contributed by atoms with E-state index >= 15 is 0 Å². The van der Waals surface area contributed by atoms with Crippen molar-refractivity contribution in [3.8, 4) is 0 Å². The van der Waals surface area contributed by atoms with Crippen LogP contribution in [0.15, 0.2) is 40.9 Å². The van der Waals surface area contributed by atoms with Crippen molar-refractivity contribution >= 4 is 33.5 Å². The van der Waals surface area contributed by atoms with Crippen molar-refractivity contribution in [3.05, 3.63) is 40.9 Å². The Kier molecular flexibility index (Phi) is 4.37. The van der Waals surface area contributed by atoms with E-state index in [1.165, 1.54) is 0 Å². The van der Waals surface area contributed by atoms with Crippen LogP contribution in [0.4, 0.5) is 5.69 Å². The van der Waals surface area contributed by atoms with Crippen molar-refractivity contribution in [3.63, 3.8) is 0 Å². The monoisotopic (exact) mass is 323 g/mol. The van der Waals surface area contributed by atoms with Gasteiger partial charge in [0, 0.05) is 10.2 Å². The number of benzene rings is 1. The average molecular weight is 324 g/mol. The fourth-order valence-corrected chi connectivity index (χ4v) is 2.41. The fourth-order valence-electron chi connectivity index (χ4n) is 2.15. The Morgan fingerprint density at radius 2 is 1.68 bits per heavy atom. The third-order valence-corrected chi connectivity index (χ3v) is 3.73. The first-order valence-corrected chi connectivity index (χ1v) is 6.81. The van der Waals surface area contributed by atoms with E-state index in [-0.39, 0.29) is 5.91 Å². The molecule has 2 unspecified atom stereocenters. The van der Waals surface area contributed by atoms with Gasteiger partial charge >= 0.3 is 5.97 Å². The fraction of sp³-hybridized carbons (Fsp3) is 0.286. The first-order chi connectivity index (χ1) is 9.08. The summed E-state index contributed by atoms with van der Waals surface area (Å²) in [6.07, 6.45) is 4.57. The van der Waals surface area contributed by atoms with Crippen LogP contribution in [0.2, 0.25) is 0 Å². The van der Waals surface area contributed by atoms with Gasteiger partial charge in [0.05, 0.1) is 11.8 Å². The molecule has 1 aromatic rings. The third kappa shape index (κ3) is 3.44. The van der Waals surface area contributed by atoms with Crippen molar-refractivity contribution < 1.29 is 14.7 Å². The molecule has 0 bridgehead atoms. The number of carbonyl (C=O) groups excluding carboxylic acids is 1. The van der Waals surface area contributed by atoms with Gasteiger partial charge < -0.3 is 10.4 Å². The number of carboxylic acid groups (broad SMARTS) is 1. The van der Waals surface area contributed by atoms with Crippen LogP contribution in [-0.2, 0) is 9.59 Å². The molecule has 1 aliphatic carbocycles. The van der Waals surface area contributed by atoms with E-state index in [0.29, 0.717) is 18.5 Å². The molecular formula is C14H14BrNO3. The van der Waals surface area contributed by atoms with Crippen molar-refractivity contribution in [1.29, 1.82) is 0 Å². The minimum absolute atomic E-state index is 0.237. The Bertz CT molecular complexity index is 510. The zero-order chi connectivity index (χ0) is 13.8. The summed E-state index contributed by atoms with van der Waals surface area (Å²) in [4.78, 5) is 23.3. The second-order valence-corrected chi connectivity index (χ2v) is 5.41. The molecule has 0 saturated heterocycles. The average Bonchev–Trinajstić information content (AvgIpc) is 2.41. The first-order valence-electron chi connectivity index (χ1n) is 6.02. The molecule has 1 aromatic carbocycles. The summed E-state index contributed by atoms with van der Waals surface area (Å²) in [6.45, 7) is 0. The van der Waals surface area contributed by atoms with E-state index in [9.17, 15) is 9.59 Å². The second kappa shape index (κ2) is 6.02. The van der Waals surface area contributed by atoms with Crippen LogP contribution in [0.1, 0.15) is 12.8 Å². The third-order valence-electron chi connectivity index (χ3n) is 3.20. The molecule has 100 valence electrons. The van der Waals surface area contributed by atoms with E-state index in [4.69, 9.17) is 5.11 Å². The molecule has 0 aliphatic heterocycles. The van der Waals surface area contributed by atoms with E-state index in [1.807, 2.05) is 24.3 Å². The SMILES string of the molecule is O=C(O)C1CC=CCC1C(=O)Nc1ccc(Br)cc1. The van der Waals surface area contributed by atoms with E-state index in [1.54, 1.807) is 12.1 Å². The summed E-state index contributed by atoms with van der Waals surface area (Å²) >= 11 is 3.32. The number of carboxylic acids is 1. The largest absolute Gasteiger partial charge is 0.481 e. The number of rotatable bonds is 3. The summed E-state index contributed by atoms with van der Waals surface area (Å²) < 4.78 is 0.925. The summed E-state index contributed by atoms with van der Waals surface area (Å²) in [5, 5.41) is 11.9. The molecule has 0 heterocycles. The predicted octanol–water partition coefficient (Wildman–Crippen LogP) is 3.05. The predicted molar refractivity (Wildman–Crippen MR) is 75.8 cm³/mol. The van der Waals surface area contributed by atoms with Gasteiger partial charge in [0.15, 0.2) is 0 Å². The molecule has 0 saturated carbocycles. The topological polar surface area (TPSA) is 66.4 Å². The van der Waals surface area contributed by atoms with E-state index < -0.39 is 17.8 Å². The molecule has 19 heavy (non-hydrogen) atoms. The number of aliphatic carboxylic acids is 1. The highest BCUT2D eigenvalue weighted by molar-refractivity contribution is 9.10. The Labute approximate surface area is 119 Å². The van der Waals surface area contributed by atoms with Crippen LogP contribution in [0.5, 0.6) is 0 Å². The lowest BCUT2D eigenvalue weighted by Crippen LogP contribution is -2.34. The van der Waals surface area contributed by atoms with Crippen LogP contribution >= 0.6 is 15.9 Å². The number of hydrogen-bond donors (Lipinski definition) is 2. The molecule has 5 heteroatoms. The Hall–Kier alpha value is -1.62. The van der Waals surface area contributed by atoms with Gasteiger partial charge in [-0.3, -0.25) is 9.59 Å². The number of amides is 1. The van der Waals surface area contributed by atoms with Gasteiger partial charge in [0.2, 0.25) is 5.91 Å². The molecule has 2 N–H and O–H groups in total. The zero-order valence-electron chi connectivity index (χ0n) is 10.2. The smallest absolute Gasteiger partial charge is 0.307 e. The zero-order valence-corrected chi connectivity index (χ0v) is 11.8. The summed E-state index contributed by atoms with van der Waals surface area (Å²) in [6, 6.07) is 7.20. The lowest BCUT2D eigenvalue weighted by molar-refractivity contribution is -0.146. The Morgan fingerprint density at radius 3 is 2.26 bits per heavy atom. The molecule has 0 aromatic heterocycles. The molecule has 2 atom stereocenters. The van der Waals surface area contributed by atoms with Gasteiger partial charge in [-0.05, 0) is 37.1 Å². The molecule has 2 rings (SSSR count). The normalized spacial score (nSPS) is 21.9. The minimum Gasteiger partial charge on any atom is -0.481 e. The number of hydrogen-bond acceptors (Lipinski definition) is 2. The standard InChI is InChI=1S/C14H14BrNO3/c15-9-5-7-10(8-6-9)16-13(17)11-3-1-2-4-12(11)14(18)19/h1-2,5-8,11-12H,3-4H2,(H,16,17)(H,18,19). The number of anilines is 1. The maximum absolute atomic E-state index is 12.1. The summed E-state index contributed by atoms with van der Waals surface area (Å²) in [5.74, 6) is -2.30.